The molecule has 2 aromatic carbocycles. The molecule has 0 aliphatic rings. The molecule has 1 aromatic heterocycles. The Morgan fingerprint density at radius 1 is 1.12 bits per heavy atom. The minimum Gasteiger partial charge on any atom is -0.462 e. The van der Waals surface area contributed by atoms with Gasteiger partial charge in [-0.25, -0.2) is 9.18 Å². The van der Waals surface area contributed by atoms with Gasteiger partial charge in [0.25, 0.3) is 0 Å². The van der Waals surface area contributed by atoms with Crippen LogP contribution in [0.4, 0.5) is 4.39 Å². The number of carbonyl (C=O) groups excluding carboxylic acids is 2. The van der Waals surface area contributed by atoms with E-state index in [2.05, 4.69) is 4.98 Å². The number of fused-ring (bicyclic) bond motifs is 1. The standard InChI is InChI=1S/C20H16FNO3/c1-2-25-20(24)15(11-13-7-3-5-9-16(13)21)19(23)18-12-14-8-4-6-10-17(14)22-18/h3-12,22H,2H2,1H3/b15-11-. The van der Waals surface area contributed by atoms with Crippen LogP contribution < -0.4 is 0 Å². The number of halogens is 1. The van der Waals surface area contributed by atoms with E-state index in [0.717, 1.165) is 10.9 Å². The van der Waals surface area contributed by atoms with Crippen LogP contribution in [0.2, 0.25) is 0 Å². The number of hydrogen-bond acceptors (Lipinski definition) is 3. The predicted molar refractivity (Wildman–Crippen MR) is 93.6 cm³/mol. The lowest BCUT2D eigenvalue weighted by molar-refractivity contribution is -0.137. The van der Waals surface area contributed by atoms with Gasteiger partial charge >= 0.3 is 5.97 Å². The van der Waals surface area contributed by atoms with E-state index >= 15 is 0 Å². The first-order valence-electron chi connectivity index (χ1n) is 7.86. The summed E-state index contributed by atoms with van der Waals surface area (Å²) in [6.07, 6.45) is 1.22. The zero-order valence-electron chi connectivity index (χ0n) is 13.6. The predicted octanol–water partition coefficient (Wildman–Crippen LogP) is 4.14. The van der Waals surface area contributed by atoms with Crippen molar-refractivity contribution in [3.8, 4) is 0 Å². The number of rotatable bonds is 5. The Labute approximate surface area is 143 Å². The molecule has 1 N–H and O–H groups in total. The number of aromatic nitrogens is 1. The molecule has 0 bridgehead atoms. The van der Waals surface area contributed by atoms with E-state index in [0.29, 0.717) is 0 Å². The first kappa shape index (κ1) is 16.6. The molecule has 0 aliphatic heterocycles. The monoisotopic (exact) mass is 337 g/mol. The zero-order valence-corrected chi connectivity index (χ0v) is 13.6. The van der Waals surface area contributed by atoms with Crippen molar-refractivity contribution in [1.29, 1.82) is 0 Å². The Morgan fingerprint density at radius 3 is 2.56 bits per heavy atom. The molecule has 0 saturated heterocycles. The van der Waals surface area contributed by atoms with Gasteiger partial charge in [0.1, 0.15) is 11.4 Å². The van der Waals surface area contributed by atoms with Gasteiger partial charge in [-0.15, -0.1) is 0 Å². The fourth-order valence-corrected chi connectivity index (χ4v) is 2.51. The van der Waals surface area contributed by atoms with Crippen LogP contribution in [0.5, 0.6) is 0 Å². The topological polar surface area (TPSA) is 59.2 Å². The smallest absolute Gasteiger partial charge is 0.342 e. The highest BCUT2D eigenvalue weighted by atomic mass is 19.1. The number of ketones is 1. The van der Waals surface area contributed by atoms with Crippen LogP contribution in [-0.4, -0.2) is 23.3 Å². The molecule has 0 unspecified atom stereocenters. The Hall–Kier alpha value is -3.21. The third-order valence-electron chi connectivity index (χ3n) is 3.72. The van der Waals surface area contributed by atoms with Crippen LogP contribution in [0, 0.1) is 5.82 Å². The maximum absolute atomic E-state index is 13.9. The highest BCUT2D eigenvalue weighted by Crippen LogP contribution is 2.20. The van der Waals surface area contributed by atoms with Gasteiger partial charge in [-0.05, 0) is 31.2 Å². The number of ether oxygens (including phenoxy) is 1. The van der Waals surface area contributed by atoms with Crippen molar-refractivity contribution in [3.05, 3.63) is 77.2 Å². The second kappa shape index (κ2) is 7.13. The first-order valence-corrected chi connectivity index (χ1v) is 7.86. The van der Waals surface area contributed by atoms with Crippen LogP contribution in [-0.2, 0) is 9.53 Å². The molecule has 5 heteroatoms. The van der Waals surface area contributed by atoms with E-state index in [-0.39, 0.29) is 23.4 Å². The van der Waals surface area contributed by atoms with Gasteiger partial charge in [-0.3, -0.25) is 4.79 Å². The highest BCUT2D eigenvalue weighted by molar-refractivity contribution is 6.27. The van der Waals surface area contributed by atoms with Crippen molar-refractivity contribution in [3.63, 3.8) is 0 Å². The average Bonchev–Trinajstić information content (AvgIpc) is 3.05. The number of para-hydroxylation sites is 1. The van der Waals surface area contributed by atoms with Crippen LogP contribution in [0.1, 0.15) is 23.0 Å². The Balaban J connectivity index is 2.06. The van der Waals surface area contributed by atoms with Crippen LogP contribution in [0.25, 0.3) is 17.0 Å². The van der Waals surface area contributed by atoms with Gasteiger partial charge in [0.05, 0.1) is 12.3 Å². The van der Waals surface area contributed by atoms with Gasteiger partial charge < -0.3 is 9.72 Å². The third-order valence-corrected chi connectivity index (χ3v) is 3.72. The second-order valence-corrected chi connectivity index (χ2v) is 5.40. The number of hydrogen-bond donors (Lipinski definition) is 1. The molecular formula is C20H16FNO3. The minimum absolute atomic E-state index is 0.118. The Kier molecular flexibility index (Phi) is 4.75. The van der Waals surface area contributed by atoms with E-state index in [4.69, 9.17) is 4.74 Å². The number of Topliss-reactive ketones (excluding diaryl/α,β-unsaturated/α-hetero) is 1. The average molecular weight is 337 g/mol. The second-order valence-electron chi connectivity index (χ2n) is 5.40. The number of nitrogens with one attached hydrogen (secondary N) is 1. The highest BCUT2D eigenvalue weighted by Gasteiger charge is 2.23. The van der Waals surface area contributed by atoms with E-state index < -0.39 is 17.6 Å². The van der Waals surface area contributed by atoms with Crippen molar-refractivity contribution in [2.24, 2.45) is 0 Å². The van der Waals surface area contributed by atoms with E-state index in [1.807, 2.05) is 24.3 Å². The molecule has 3 rings (SSSR count). The van der Waals surface area contributed by atoms with Crippen molar-refractivity contribution in [2.75, 3.05) is 6.61 Å². The molecule has 0 spiro atoms. The Morgan fingerprint density at radius 2 is 1.84 bits per heavy atom. The fraction of sp³-hybridized carbons (Fsp3) is 0.100. The van der Waals surface area contributed by atoms with Crippen molar-refractivity contribution in [1.82, 2.24) is 4.98 Å². The zero-order chi connectivity index (χ0) is 17.8. The molecule has 126 valence electrons. The van der Waals surface area contributed by atoms with E-state index in [9.17, 15) is 14.0 Å². The van der Waals surface area contributed by atoms with Gasteiger partial charge in [0.15, 0.2) is 0 Å². The van der Waals surface area contributed by atoms with Crippen LogP contribution in [0.3, 0.4) is 0 Å². The summed E-state index contributed by atoms with van der Waals surface area (Å²) in [6, 6.07) is 15.0. The van der Waals surface area contributed by atoms with E-state index in [1.165, 1.54) is 24.3 Å². The quantitative estimate of drug-likeness (QED) is 0.250. The Bertz CT molecular complexity index is 939. The van der Waals surface area contributed by atoms with Crippen molar-refractivity contribution in [2.45, 2.75) is 6.92 Å². The number of esters is 1. The molecular weight excluding hydrogens is 321 g/mol. The van der Waals surface area contributed by atoms with Crippen molar-refractivity contribution < 1.29 is 18.7 Å². The minimum atomic E-state index is -0.783. The number of aromatic amines is 1. The number of carbonyl (C=O) groups is 2. The largest absolute Gasteiger partial charge is 0.462 e. The SMILES string of the molecule is CCOC(=O)/C(=C\c1ccccc1F)C(=O)c1cc2ccccc2[nH]1. The summed E-state index contributed by atoms with van der Waals surface area (Å²) in [6.45, 7) is 1.76. The number of benzene rings is 2. The lowest BCUT2D eigenvalue weighted by atomic mass is 10.0. The lowest BCUT2D eigenvalue weighted by Gasteiger charge is -2.06. The lowest BCUT2D eigenvalue weighted by Crippen LogP contribution is -2.16. The van der Waals surface area contributed by atoms with Gasteiger partial charge in [0.2, 0.25) is 5.78 Å². The summed E-state index contributed by atoms with van der Waals surface area (Å²) in [4.78, 5) is 28.0. The third kappa shape index (κ3) is 3.50. The van der Waals surface area contributed by atoms with Gasteiger partial charge in [-0.2, -0.15) is 0 Å². The summed E-state index contributed by atoms with van der Waals surface area (Å²) in [7, 11) is 0. The summed E-state index contributed by atoms with van der Waals surface area (Å²) in [5, 5.41) is 0.847. The summed E-state index contributed by atoms with van der Waals surface area (Å²) >= 11 is 0. The number of H-pyrrole nitrogens is 1. The summed E-state index contributed by atoms with van der Waals surface area (Å²) in [5.74, 6) is -1.85. The molecule has 4 nitrogen and oxygen atoms in total. The molecule has 0 atom stereocenters. The molecule has 0 radical (unpaired) electrons. The molecule has 0 fully saturated rings. The van der Waals surface area contributed by atoms with Gasteiger partial charge in [-0.1, -0.05) is 36.4 Å². The molecule has 3 aromatic rings. The van der Waals surface area contributed by atoms with E-state index in [1.54, 1.807) is 19.1 Å². The normalized spacial score (nSPS) is 11.5. The molecule has 1 heterocycles. The molecule has 0 amide bonds. The maximum Gasteiger partial charge on any atom is 0.342 e. The van der Waals surface area contributed by atoms with Crippen LogP contribution >= 0.6 is 0 Å². The molecule has 25 heavy (non-hydrogen) atoms. The maximum atomic E-state index is 13.9. The first-order chi connectivity index (χ1) is 12.1. The fourth-order valence-electron chi connectivity index (χ4n) is 2.51. The molecule has 0 aliphatic carbocycles. The summed E-state index contributed by atoms with van der Waals surface area (Å²) < 4.78 is 18.9. The van der Waals surface area contributed by atoms with Gasteiger partial charge in [0, 0.05) is 16.5 Å². The van der Waals surface area contributed by atoms with Crippen molar-refractivity contribution >= 4 is 28.7 Å². The summed E-state index contributed by atoms with van der Waals surface area (Å²) in [5.41, 5.74) is 0.949. The molecule has 0 saturated carbocycles. The van der Waals surface area contributed by atoms with Crippen LogP contribution in [0.15, 0.2) is 60.2 Å².